The summed E-state index contributed by atoms with van der Waals surface area (Å²) in [5, 5.41) is 13.3. The summed E-state index contributed by atoms with van der Waals surface area (Å²) >= 11 is 0. The Morgan fingerprint density at radius 3 is 2.67 bits per heavy atom. The fourth-order valence-electron chi connectivity index (χ4n) is 2.13. The summed E-state index contributed by atoms with van der Waals surface area (Å²) < 4.78 is 5.34. The van der Waals surface area contributed by atoms with Gasteiger partial charge in [-0.3, -0.25) is 14.9 Å². The summed E-state index contributed by atoms with van der Waals surface area (Å²) in [5.74, 6) is 0.751. The maximum Gasteiger partial charge on any atom is 0.252 e. The Hall–Kier alpha value is -3.10. The second-order valence-corrected chi connectivity index (χ2v) is 6.30. The third kappa shape index (κ3) is 3.29. The minimum absolute atomic E-state index is 0.239. The highest BCUT2D eigenvalue weighted by atomic mass is 16.5. The maximum atomic E-state index is 12.5. The molecule has 0 saturated heterocycles. The first-order valence-electron chi connectivity index (χ1n) is 7.35. The molecule has 9 nitrogen and oxygen atoms in total. The average Bonchev–Trinajstić information content (AvgIpc) is 3.23. The third-order valence-electron chi connectivity index (χ3n) is 3.40. The van der Waals surface area contributed by atoms with Gasteiger partial charge in [0.05, 0.1) is 0 Å². The molecule has 0 unspecified atom stereocenters. The van der Waals surface area contributed by atoms with Crippen molar-refractivity contribution in [2.24, 2.45) is 5.41 Å². The SMILES string of the molecule is CC(C)(C)[C@H](NC(=O)c1ccncc1)c1nc(-c2ncn[nH]2)no1. The molecule has 0 saturated carbocycles. The molecule has 1 atom stereocenters. The molecule has 0 aliphatic rings. The Labute approximate surface area is 137 Å². The first kappa shape index (κ1) is 15.8. The van der Waals surface area contributed by atoms with Crippen LogP contribution < -0.4 is 5.32 Å². The van der Waals surface area contributed by atoms with E-state index in [4.69, 9.17) is 4.52 Å². The fourth-order valence-corrected chi connectivity index (χ4v) is 2.13. The maximum absolute atomic E-state index is 12.5. The summed E-state index contributed by atoms with van der Waals surface area (Å²) in [6, 6.07) is 2.81. The molecule has 9 heteroatoms. The van der Waals surface area contributed by atoms with Gasteiger partial charge in [0.25, 0.3) is 5.91 Å². The Balaban J connectivity index is 1.86. The monoisotopic (exact) mass is 327 g/mol. The van der Waals surface area contributed by atoms with Crippen LogP contribution in [0, 0.1) is 5.41 Å². The number of rotatable bonds is 4. The summed E-state index contributed by atoms with van der Waals surface area (Å²) in [6.45, 7) is 5.93. The van der Waals surface area contributed by atoms with Gasteiger partial charge in [0, 0.05) is 18.0 Å². The van der Waals surface area contributed by atoms with Crippen molar-refractivity contribution in [2.45, 2.75) is 26.8 Å². The molecule has 0 bridgehead atoms. The Morgan fingerprint density at radius 1 is 1.29 bits per heavy atom. The summed E-state index contributed by atoms with van der Waals surface area (Å²) in [6.07, 6.45) is 4.49. The number of pyridine rings is 1. The van der Waals surface area contributed by atoms with Crippen molar-refractivity contribution < 1.29 is 9.32 Å². The van der Waals surface area contributed by atoms with E-state index in [0.717, 1.165) is 0 Å². The van der Waals surface area contributed by atoms with Gasteiger partial charge in [0.15, 0.2) is 5.82 Å². The molecule has 3 aromatic heterocycles. The van der Waals surface area contributed by atoms with Gasteiger partial charge >= 0.3 is 0 Å². The van der Waals surface area contributed by atoms with Crippen LogP contribution in [0.1, 0.15) is 43.1 Å². The zero-order chi connectivity index (χ0) is 17.2. The lowest BCUT2D eigenvalue weighted by Gasteiger charge is -2.28. The number of nitrogens with one attached hydrogen (secondary N) is 2. The molecular formula is C15H17N7O2. The molecule has 3 rings (SSSR count). The highest BCUT2D eigenvalue weighted by Gasteiger charge is 2.33. The summed E-state index contributed by atoms with van der Waals surface area (Å²) in [4.78, 5) is 24.7. The second kappa shape index (κ2) is 6.19. The van der Waals surface area contributed by atoms with Gasteiger partial charge in [-0.1, -0.05) is 25.9 Å². The molecule has 3 heterocycles. The molecule has 0 spiro atoms. The van der Waals surface area contributed by atoms with Gasteiger partial charge < -0.3 is 9.84 Å². The van der Waals surface area contributed by atoms with Crippen LogP contribution in [0.3, 0.4) is 0 Å². The van der Waals surface area contributed by atoms with E-state index in [1.165, 1.54) is 6.33 Å². The Morgan fingerprint density at radius 2 is 2.04 bits per heavy atom. The standard InChI is InChI=1S/C15H17N7O2/c1-15(2,3)10(19-13(23)9-4-6-16-7-5-9)14-20-12(22-24-14)11-17-8-18-21-11/h4-8,10H,1-3H3,(H,19,23)(H,17,18,21)/t10-/m1/s1. The fraction of sp³-hybridized carbons (Fsp3) is 0.333. The second-order valence-electron chi connectivity index (χ2n) is 6.30. The van der Waals surface area contributed by atoms with Crippen molar-refractivity contribution in [3.05, 3.63) is 42.3 Å². The zero-order valence-corrected chi connectivity index (χ0v) is 13.5. The molecule has 2 N–H and O–H groups in total. The molecule has 0 aromatic carbocycles. The molecule has 0 radical (unpaired) electrons. The highest BCUT2D eigenvalue weighted by molar-refractivity contribution is 5.94. The molecule has 124 valence electrons. The number of H-pyrrole nitrogens is 1. The minimum atomic E-state index is -0.470. The van der Waals surface area contributed by atoms with Crippen LogP contribution in [0.25, 0.3) is 11.6 Å². The molecule has 0 aliphatic carbocycles. The molecule has 1 amide bonds. The van der Waals surface area contributed by atoms with E-state index >= 15 is 0 Å². The van der Waals surface area contributed by atoms with Gasteiger partial charge in [0.2, 0.25) is 11.7 Å². The van der Waals surface area contributed by atoms with Crippen molar-refractivity contribution in [2.75, 3.05) is 0 Å². The van der Waals surface area contributed by atoms with Crippen molar-refractivity contribution in [3.8, 4) is 11.6 Å². The molecule has 0 fully saturated rings. The van der Waals surface area contributed by atoms with Gasteiger partial charge in [-0.05, 0) is 17.5 Å². The average molecular weight is 327 g/mol. The van der Waals surface area contributed by atoms with E-state index in [9.17, 15) is 4.79 Å². The number of nitrogens with zero attached hydrogens (tertiary/aromatic N) is 5. The summed E-state index contributed by atoms with van der Waals surface area (Å²) in [5.41, 5.74) is 0.169. The normalized spacial score (nSPS) is 12.8. The smallest absolute Gasteiger partial charge is 0.252 e. The third-order valence-corrected chi connectivity index (χ3v) is 3.40. The van der Waals surface area contributed by atoms with E-state index in [-0.39, 0.29) is 17.1 Å². The van der Waals surface area contributed by atoms with Crippen LogP contribution in [0.5, 0.6) is 0 Å². The van der Waals surface area contributed by atoms with E-state index in [0.29, 0.717) is 17.3 Å². The number of carbonyl (C=O) groups excluding carboxylic acids is 1. The molecule has 3 aromatic rings. The number of hydrogen-bond acceptors (Lipinski definition) is 7. The van der Waals surface area contributed by atoms with Gasteiger partial charge in [0.1, 0.15) is 12.4 Å². The van der Waals surface area contributed by atoms with Crippen molar-refractivity contribution in [3.63, 3.8) is 0 Å². The predicted molar refractivity (Wildman–Crippen MR) is 83.6 cm³/mol. The number of hydrogen-bond donors (Lipinski definition) is 2. The molecular weight excluding hydrogens is 310 g/mol. The number of aromatic nitrogens is 6. The Kier molecular flexibility index (Phi) is 4.07. The first-order valence-corrected chi connectivity index (χ1v) is 7.35. The largest absolute Gasteiger partial charge is 0.340 e. The lowest BCUT2D eigenvalue weighted by atomic mass is 9.86. The lowest BCUT2D eigenvalue weighted by Crippen LogP contribution is -2.36. The van der Waals surface area contributed by atoms with Crippen LogP contribution in [-0.2, 0) is 0 Å². The van der Waals surface area contributed by atoms with Crippen molar-refractivity contribution >= 4 is 5.91 Å². The molecule has 0 aliphatic heterocycles. The number of aromatic amines is 1. The summed E-state index contributed by atoms with van der Waals surface area (Å²) in [7, 11) is 0. The number of amides is 1. The highest BCUT2D eigenvalue weighted by Crippen LogP contribution is 2.32. The van der Waals surface area contributed by atoms with E-state index < -0.39 is 6.04 Å². The van der Waals surface area contributed by atoms with Gasteiger partial charge in [-0.15, -0.1) is 0 Å². The van der Waals surface area contributed by atoms with Gasteiger partial charge in [-0.2, -0.15) is 10.1 Å². The van der Waals surface area contributed by atoms with Crippen LogP contribution >= 0.6 is 0 Å². The number of carbonyl (C=O) groups is 1. The van der Waals surface area contributed by atoms with E-state index in [1.807, 2.05) is 20.8 Å². The predicted octanol–water partition coefficient (Wildman–Crippen LogP) is 1.77. The Bertz CT molecular complexity index is 806. The van der Waals surface area contributed by atoms with Crippen LogP contribution in [-0.4, -0.2) is 36.2 Å². The van der Waals surface area contributed by atoms with E-state index in [2.05, 4.69) is 35.6 Å². The van der Waals surface area contributed by atoms with E-state index in [1.54, 1.807) is 24.5 Å². The van der Waals surface area contributed by atoms with Crippen molar-refractivity contribution in [1.29, 1.82) is 0 Å². The van der Waals surface area contributed by atoms with Crippen LogP contribution in [0.15, 0.2) is 35.4 Å². The quantitative estimate of drug-likeness (QED) is 0.748. The van der Waals surface area contributed by atoms with Crippen LogP contribution in [0.4, 0.5) is 0 Å². The van der Waals surface area contributed by atoms with Gasteiger partial charge in [-0.25, -0.2) is 4.98 Å². The first-order chi connectivity index (χ1) is 11.4. The van der Waals surface area contributed by atoms with Crippen LogP contribution in [0.2, 0.25) is 0 Å². The molecule has 24 heavy (non-hydrogen) atoms. The lowest BCUT2D eigenvalue weighted by molar-refractivity contribution is 0.0880. The van der Waals surface area contributed by atoms with Crippen molar-refractivity contribution in [1.82, 2.24) is 35.6 Å². The minimum Gasteiger partial charge on any atom is -0.340 e. The topological polar surface area (TPSA) is 122 Å². The zero-order valence-electron chi connectivity index (χ0n) is 13.5.